The van der Waals surface area contributed by atoms with Gasteiger partial charge in [0, 0.05) is 10.6 Å². The Labute approximate surface area is 154 Å². The molecule has 0 amide bonds. The summed E-state index contributed by atoms with van der Waals surface area (Å²) < 4.78 is 62.0. The maximum atomic E-state index is 13.7. The van der Waals surface area contributed by atoms with Gasteiger partial charge < -0.3 is 14.7 Å². The van der Waals surface area contributed by atoms with Crippen molar-refractivity contribution in [2.45, 2.75) is 18.3 Å². The van der Waals surface area contributed by atoms with Gasteiger partial charge in [-0.2, -0.15) is 8.42 Å². The van der Waals surface area contributed by atoms with E-state index in [1.807, 2.05) is 0 Å². The lowest BCUT2D eigenvalue weighted by molar-refractivity contribution is 0.143. The van der Waals surface area contributed by atoms with Crippen molar-refractivity contribution < 1.29 is 26.1 Å². The maximum Gasteiger partial charge on any atom is 0.313 e. The lowest BCUT2D eigenvalue weighted by atomic mass is 10.1. The standard InChI is InChI=1S/C17H14ClF2NO4S/c18-11-6-4-10(5-7-11)15-8-16(17(21)24-15)25-26(22,23)9-12-13(19)2-1-3-14(12)20/h1-7,15H,8-9,21H2. The summed E-state index contributed by atoms with van der Waals surface area (Å²) in [6.45, 7) is 0. The van der Waals surface area contributed by atoms with Gasteiger partial charge in [-0.25, -0.2) is 8.78 Å². The van der Waals surface area contributed by atoms with Gasteiger partial charge in [0.25, 0.3) is 0 Å². The van der Waals surface area contributed by atoms with Crippen LogP contribution in [0.25, 0.3) is 0 Å². The summed E-state index contributed by atoms with van der Waals surface area (Å²) in [4.78, 5) is 0. The van der Waals surface area contributed by atoms with Crippen LogP contribution in [0.1, 0.15) is 23.7 Å². The minimum atomic E-state index is -4.33. The van der Waals surface area contributed by atoms with Gasteiger partial charge >= 0.3 is 10.1 Å². The van der Waals surface area contributed by atoms with Crippen molar-refractivity contribution in [2.24, 2.45) is 5.73 Å². The van der Waals surface area contributed by atoms with E-state index < -0.39 is 39.2 Å². The van der Waals surface area contributed by atoms with Crippen molar-refractivity contribution in [2.75, 3.05) is 0 Å². The molecule has 26 heavy (non-hydrogen) atoms. The third-order valence-corrected chi connectivity index (χ3v) is 5.12. The average molecular weight is 402 g/mol. The normalized spacial score (nSPS) is 17.3. The van der Waals surface area contributed by atoms with Crippen LogP contribution in [0.4, 0.5) is 8.78 Å². The topological polar surface area (TPSA) is 78.6 Å². The van der Waals surface area contributed by atoms with Gasteiger partial charge in [0.15, 0.2) is 5.76 Å². The highest BCUT2D eigenvalue weighted by atomic mass is 35.5. The first-order valence-corrected chi connectivity index (χ1v) is 9.46. The molecule has 3 rings (SSSR count). The number of rotatable bonds is 5. The molecular weight excluding hydrogens is 388 g/mol. The van der Waals surface area contributed by atoms with Gasteiger partial charge in [0.05, 0.1) is 6.42 Å². The Hall–Kier alpha value is -2.32. The molecule has 0 radical (unpaired) electrons. The minimum Gasteiger partial charge on any atom is -0.468 e. The van der Waals surface area contributed by atoms with Crippen molar-refractivity contribution in [1.82, 2.24) is 0 Å². The van der Waals surface area contributed by atoms with E-state index in [-0.39, 0.29) is 18.1 Å². The van der Waals surface area contributed by atoms with E-state index in [9.17, 15) is 17.2 Å². The van der Waals surface area contributed by atoms with E-state index in [1.54, 1.807) is 24.3 Å². The Morgan fingerprint density at radius 1 is 1.15 bits per heavy atom. The summed E-state index contributed by atoms with van der Waals surface area (Å²) in [7, 11) is -4.33. The first-order valence-electron chi connectivity index (χ1n) is 7.51. The lowest BCUT2D eigenvalue weighted by Gasteiger charge is -2.11. The molecule has 1 atom stereocenters. The SMILES string of the molecule is NC1=C(OS(=O)(=O)Cc2c(F)cccc2F)CC(c2ccc(Cl)cc2)O1. The molecule has 0 bridgehead atoms. The highest BCUT2D eigenvalue weighted by Gasteiger charge is 2.31. The second-order valence-corrected chi connectivity index (χ2v) is 7.64. The Kier molecular flexibility index (Phi) is 5.06. The Morgan fingerprint density at radius 2 is 1.77 bits per heavy atom. The summed E-state index contributed by atoms with van der Waals surface area (Å²) in [6.07, 6.45) is -0.477. The quantitative estimate of drug-likeness (QED) is 0.772. The molecule has 1 heterocycles. The molecule has 9 heteroatoms. The third-order valence-electron chi connectivity index (χ3n) is 3.77. The number of ether oxygens (including phenoxy) is 1. The van der Waals surface area contributed by atoms with Crippen LogP contribution in [0.2, 0.25) is 5.02 Å². The maximum absolute atomic E-state index is 13.7. The van der Waals surface area contributed by atoms with Crippen molar-refractivity contribution in [3.8, 4) is 0 Å². The van der Waals surface area contributed by atoms with E-state index in [0.717, 1.165) is 23.8 Å². The molecule has 2 aromatic carbocycles. The molecule has 0 saturated heterocycles. The van der Waals surface area contributed by atoms with Crippen molar-refractivity contribution in [1.29, 1.82) is 0 Å². The number of halogens is 3. The van der Waals surface area contributed by atoms with Gasteiger partial charge in [-0.05, 0) is 29.8 Å². The van der Waals surface area contributed by atoms with Crippen LogP contribution in [0.15, 0.2) is 54.1 Å². The summed E-state index contributed by atoms with van der Waals surface area (Å²) in [5, 5.41) is 0.540. The highest BCUT2D eigenvalue weighted by molar-refractivity contribution is 7.86. The molecule has 0 saturated carbocycles. The molecule has 1 unspecified atom stereocenters. The van der Waals surface area contributed by atoms with E-state index in [0.29, 0.717) is 5.02 Å². The second-order valence-electron chi connectivity index (χ2n) is 5.64. The lowest BCUT2D eigenvalue weighted by Crippen LogP contribution is -2.12. The molecule has 2 aromatic rings. The molecule has 1 aliphatic heterocycles. The summed E-state index contributed by atoms with van der Waals surface area (Å²) in [5.74, 6) is -3.21. The highest BCUT2D eigenvalue weighted by Crippen LogP contribution is 2.36. The zero-order valence-electron chi connectivity index (χ0n) is 13.3. The van der Waals surface area contributed by atoms with Gasteiger partial charge in [-0.1, -0.05) is 29.8 Å². The monoisotopic (exact) mass is 401 g/mol. The Bertz CT molecular complexity index is 941. The van der Waals surface area contributed by atoms with Crippen LogP contribution in [0.5, 0.6) is 0 Å². The van der Waals surface area contributed by atoms with Crippen LogP contribution >= 0.6 is 11.6 Å². The van der Waals surface area contributed by atoms with Gasteiger partial charge in [0.1, 0.15) is 23.5 Å². The molecule has 1 aliphatic rings. The third kappa shape index (κ3) is 4.08. The van der Waals surface area contributed by atoms with E-state index in [4.69, 9.17) is 26.3 Å². The number of benzene rings is 2. The molecule has 5 nitrogen and oxygen atoms in total. The molecule has 2 N–H and O–H groups in total. The van der Waals surface area contributed by atoms with E-state index in [2.05, 4.69) is 0 Å². The van der Waals surface area contributed by atoms with Crippen LogP contribution in [-0.4, -0.2) is 8.42 Å². The van der Waals surface area contributed by atoms with Gasteiger partial charge in [-0.15, -0.1) is 0 Å². The summed E-state index contributed by atoms with van der Waals surface area (Å²) in [5.41, 5.74) is 5.82. The van der Waals surface area contributed by atoms with Crippen LogP contribution < -0.4 is 5.73 Å². The van der Waals surface area contributed by atoms with Crippen LogP contribution in [0, 0.1) is 11.6 Å². The van der Waals surface area contributed by atoms with Crippen molar-refractivity contribution in [3.63, 3.8) is 0 Å². The molecule has 0 aliphatic carbocycles. The van der Waals surface area contributed by atoms with E-state index in [1.165, 1.54) is 0 Å². The predicted octanol–water partition coefficient (Wildman–Crippen LogP) is 3.75. The average Bonchev–Trinajstić information content (AvgIpc) is 2.92. The fourth-order valence-corrected chi connectivity index (χ4v) is 3.77. The minimum absolute atomic E-state index is 0.0620. The Morgan fingerprint density at radius 3 is 2.38 bits per heavy atom. The van der Waals surface area contributed by atoms with Crippen molar-refractivity contribution >= 4 is 21.7 Å². The summed E-state index contributed by atoms with van der Waals surface area (Å²) >= 11 is 5.82. The molecule has 0 fully saturated rings. The summed E-state index contributed by atoms with van der Waals surface area (Å²) in [6, 6.07) is 9.83. The predicted molar refractivity (Wildman–Crippen MR) is 91.2 cm³/mol. The zero-order valence-corrected chi connectivity index (χ0v) is 14.9. The number of hydrogen-bond acceptors (Lipinski definition) is 5. The Balaban J connectivity index is 1.73. The zero-order chi connectivity index (χ0) is 18.9. The van der Waals surface area contributed by atoms with Crippen LogP contribution in [0.3, 0.4) is 0 Å². The van der Waals surface area contributed by atoms with Crippen molar-refractivity contribution in [3.05, 3.63) is 81.9 Å². The fourth-order valence-electron chi connectivity index (χ4n) is 2.50. The molecular formula is C17H14ClF2NO4S. The van der Waals surface area contributed by atoms with Gasteiger partial charge in [-0.3, -0.25) is 0 Å². The van der Waals surface area contributed by atoms with Crippen LogP contribution in [-0.2, 0) is 24.8 Å². The first-order chi connectivity index (χ1) is 12.2. The fraction of sp³-hybridized carbons (Fsp3) is 0.176. The number of nitrogens with two attached hydrogens (primary N) is 1. The second kappa shape index (κ2) is 7.13. The molecule has 0 spiro atoms. The molecule has 138 valence electrons. The van der Waals surface area contributed by atoms with Gasteiger partial charge in [0.2, 0.25) is 5.88 Å². The molecule has 0 aromatic heterocycles. The van der Waals surface area contributed by atoms with E-state index >= 15 is 0 Å². The smallest absolute Gasteiger partial charge is 0.313 e. The number of hydrogen-bond donors (Lipinski definition) is 1. The first kappa shape index (κ1) is 18.5. The largest absolute Gasteiger partial charge is 0.468 e.